The number of rotatable bonds is 10. The van der Waals surface area contributed by atoms with Crippen molar-refractivity contribution < 1.29 is 33.4 Å². The lowest BCUT2D eigenvalue weighted by molar-refractivity contribution is -0.164. The smallest absolute Gasteiger partial charge is 0.262 e. The minimum atomic E-state index is -1.02. The second-order valence-electron chi connectivity index (χ2n) is 15.4. The normalized spacial score (nSPS) is 23.0. The third kappa shape index (κ3) is 7.07. The number of carbonyl (C=O) groups excluding carboxylic acids is 5. The van der Waals surface area contributed by atoms with E-state index in [9.17, 15) is 29.2 Å². The molecule has 5 amide bonds. The number of amides is 5. The zero-order valence-corrected chi connectivity index (χ0v) is 31.7. The van der Waals surface area contributed by atoms with Crippen molar-refractivity contribution in [3.63, 3.8) is 0 Å². The lowest BCUT2D eigenvalue weighted by Crippen LogP contribution is -2.74. The molecule has 55 heavy (non-hydrogen) atoms. The number of hydrogen-bond donors (Lipinski definition) is 2. The first-order valence-electron chi connectivity index (χ1n) is 18.1. The molecule has 1 atom stereocenters. The van der Waals surface area contributed by atoms with Gasteiger partial charge in [0.05, 0.1) is 27.3 Å². The predicted molar refractivity (Wildman–Crippen MR) is 199 cm³/mol. The number of benzene rings is 2. The SMILES string of the molecule is CC1(C)C(NC(=O)c2cnc(N3CCN(CCOc4ccc5c(c4)C(=O)N(C4CCC(=O)NC4=O)C5=O)CC3)nc2)C(C)(C)C1Oc1ccc(C#N)c(Cl)c1. The molecule has 0 bridgehead atoms. The standard InChI is InChI=1S/C39H41ClN8O7/c1-38(2)35(39(3,4)36(38)55-25-6-5-22(19-41)28(40)18-25)45-31(50)23-20-42-37(43-21-23)47-13-11-46(12-14-47)15-16-54-24-7-8-26-27(17-24)34(53)48(33(26)52)29-9-10-30(49)44-32(29)51/h5-8,17-18,20-21,29,35-36H,9-16H2,1-4H3,(H,45,50)(H,44,49,51). The van der Waals surface area contributed by atoms with Crippen molar-refractivity contribution in [2.75, 3.05) is 44.2 Å². The Balaban J connectivity index is 0.869. The number of halogens is 1. The Kier molecular flexibility index (Phi) is 9.99. The number of aromatic nitrogens is 2. The summed E-state index contributed by atoms with van der Waals surface area (Å²) in [6.45, 7) is 12.0. The number of hydrogen-bond acceptors (Lipinski definition) is 12. The second-order valence-corrected chi connectivity index (χ2v) is 15.8. The minimum absolute atomic E-state index is 0.0572. The molecule has 2 saturated heterocycles. The summed E-state index contributed by atoms with van der Waals surface area (Å²) in [7, 11) is 0. The zero-order chi connectivity index (χ0) is 39.2. The van der Waals surface area contributed by atoms with E-state index in [1.165, 1.54) is 12.1 Å². The van der Waals surface area contributed by atoms with Gasteiger partial charge in [0.15, 0.2) is 0 Å². The van der Waals surface area contributed by atoms with Crippen LogP contribution >= 0.6 is 11.6 Å². The van der Waals surface area contributed by atoms with Crippen LogP contribution in [0.15, 0.2) is 48.8 Å². The van der Waals surface area contributed by atoms with Crippen LogP contribution in [0.5, 0.6) is 11.5 Å². The number of nitrogens with one attached hydrogen (secondary N) is 2. The molecular formula is C39H41ClN8O7. The van der Waals surface area contributed by atoms with Crippen molar-refractivity contribution in [3.8, 4) is 17.6 Å². The quantitative estimate of drug-likeness (QED) is 0.287. The highest BCUT2D eigenvalue weighted by molar-refractivity contribution is 6.31. The number of nitriles is 1. The van der Waals surface area contributed by atoms with Gasteiger partial charge in [-0.2, -0.15) is 5.26 Å². The number of ether oxygens (including phenoxy) is 2. The molecule has 3 aliphatic heterocycles. The average Bonchev–Trinajstić information content (AvgIpc) is 3.41. The molecule has 3 aromatic rings. The molecule has 3 fully saturated rings. The van der Waals surface area contributed by atoms with Crippen LogP contribution in [-0.2, 0) is 9.59 Å². The summed E-state index contributed by atoms with van der Waals surface area (Å²) >= 11 is 6.22. The molecule has 1 saturated carbocycles. The van der Waals surface area contributed by atoms with Gasteiger partial charge in [0, 0.05) is 74.5 Å². The summed E-state index contributed by atoms with van der Waals surface area (Å²) in [5.41, 5.74) is 0.288. The van der Waals surface area contributed by atoms with Crippen molar-refractivity contribution in [2.45, 2.75) is 58.7 Å². The van der Waals surface area contributed by atoms with E-state index in [1.54, 1.807) is 36.7 Å². The van der Waals surface area contributed by atoms with Gasteiger partial charge in [-0.15, -0.1) is 0 Å². The van der Waals surface area contributed by atoms with Crippen LogP contribution in [0.1, 0.15) is 77.2 Å². The molecule has 4 heterocycles. The highest BCUT2D eigenvalue weighted by atomic mass is 35.5. The fourth-order valence-electron chi connectivity index (χ4n) is 8.42. The van der Waals surface area contributed by atoms with E-state index in [4.69, 9.17) is 21.1 Å². The molecule has 1 aromatic heterocycles. The monoisotopic (exact) mass is 768 g/mol. The number of imide groups is 2. The summed E-state index contributed by atoms with van der Waals surface area (Å²) in [5.74, 6) is -0.944. The van der Waals surface area contributed by atoms with E-state index >= 15 is 0 Å². The third-order valence-corrected chi connectivity index (χ3v) is 11.4. The van der Waals surface area contributed by atoms with Crippen LogP contribution in [0, 0.1) is 22.2 Å². The Morgan fingerprint density at radius 1 is 0.964 bits per heavy atom. The van der Waals surface area contributed by atoms with Gasteiger partial charge in [0.1, 0.15) is 36.3 Å². The molecule has 1 aliphatic carbocycles. The molecule has 0 radical (unpaired) electrons. The van der Waals surface area contributed by atoms with E-state index < -0.39 is 40.5 Å². The molecular weight excluding hydrogens is 728 g/mol. The Morgan fingerprint density at radius 2 is 1.64 bits per heavy atom. The molecule has 286 valence electrons. The molecule has 7 rings (SSSR count). The summed E-state index contributed by atoms with van der Waals surface area (Å²) in [5, 5.41) is 14.9. The maximum absolute atomic E-state index is 13.4. The second kappa shape index (κ2) is 14.6. The van der Waals surface area contributed by atoms with Crippen molar-refractivity contribution >= 4 is 47.1 Å². The first kappa shape index (κ1) is 37.7. The molecule has 1 unspecified atom stereocenters. The first-order chi connectivity index (χ1) is 26.2. The van der Waals surface area contributed by atoms with Gasteiger partial charge < -0.3 is 19.7 Å². The number of nitrogens with zero attached hydrogens (tertiary/aromatic N) is 6. The predicted octanol–water partition coefficient (Wildman–Crippen LogP) is 3.22. The van der Waals surface area contributed by atoms with E-state index in [1.807, 2.05) is 33.8 Å². The average molecular weight is 769 g/mol. The van der Waals surface area contributed by atoms with Gasteiger partial charge in [-0.25, -0.2) is 9.97 Å². The van der Waals surface area contributed by atoms with Crippen LogP contribution in [0.4, 0.5) is 5.95 Å². The van der Waals surface area contributed by atoms with Crippen LogP contribution in [0.2, 0.25) is 5.02 Å². The van der Waals surface area contributed by atoms with Crippen molar-refractivity contribution in [3.05, 3.63) is 76.1 Å². The van der Waals surface area contributed by atoms with Gasteiger partial charge >= 0.3 is 0 Å². The van der Waals surface area contributed by atoms with Crippen LogP contribution < -0.4 is 25.0 Å². The van der Waals surface area contributed by atoms with Gasteiger partial charge in [-0.1, -0.05) is 39.3 Å². The highest BCUT2D eigenvalue weighted by Crippen LogP contribution is 2.55. The molecule has 16 heteroatoms. The van der Waals surface area contributed by atoms with Crippen LogP contribution in [0.3, 0.4) is 0 Å². The molecule has 0 spiro atoms. The number of anilines is 1. The zero-order valence-electron chi connectivity index (χ0n) is 30.9. The van der Waals surface area contributed by atoms with Crippen LogP contribution in [0.25, 0.3) is 0 Å². The topological polar surface area (TPSA) is 187 Å². The summed E-state index contributed by atoms with van der Waals surface area (Å²) < 4.78 is 12.3. The molecule has 15 nitrogen and oxygen atoms in total. The number of fused-ring (bicyclic) bond motifs is 1. The lowest BCUT2D eigenvalue weighted by atomic mass is 9.49. The van der Waals surface area contributed by atoms with Gasteiger partial charge in [-0.05, 0) is 36.8 Å². The Bertz CT molecular complexity index is 2090. The number of piperazine rings is 1. The number of carbonyl (C=O) groups is 5. The Labute approximate surface area is 322 Å². The third-order valence-electron chi connectivity index (χ3n) is 11.1. The minimum Gasteiger partial charge on any atom is -0.492 e. The fourth-order valence-corrected chi connectivity index (χ4v) is 8.63. The summed E-state index contributed by atoms with van der Waals surface area (Å²) in [6, 6.07) is 10.5. The fraction of sp³-hybridized carbons (Fsp3) is 0.436. The Morgan fingerprint density at radius 3 is 2.29 bits per heavy atom. The van der Waals surface area contributed by atoms with Gasteiger partial charge in [0.2, 0.25) is 17.8 Å². The number of piperidine rings is 1. The largest absolute Gasteiger partial charge is 0.492 e. The highest BCUT2D eigenvalue weighted by Gasteiger charge is 2.64. The van der Waals surface area contributed by atoms with Crippen molar-refractivity contribution in [1.29, 1.82) is 5.26 Å². The summed E-state index contributed by atoms with van der Waals surface area (Å²) in [6.07, 6.45) is 3.01. The first-order valence-corrected chi connectivity index (χ1v) is 18.5. The van der Waals surface area contributed by atoms with E-state index in [0.717, 1.165) is 18.0 Å². The van der Waals surface area contributed by atoms with Crippen molar-refractivity contribution in [1.82, 2.24) is 30.4 Å². The Hall–Kier alpha value is -5.59. The maximum atomic E-state index is 13.4. The lowest BCUT2D eigenvalue weighted by Gasteiger charge is -2.63. The molecule has 2 N–H and O–H groups in total. The van der Waals surface area contributed by atoms with E-state index in [-0.39, 0.29) is 42.0 Å². The van der Waals surface area contributed by atoms with E-state index in [2.05, 4.69) is 30.4 Å². The molecule has 4 aliphatic rings. The van der Waals surface area contributed by atoms with Crippen LogP contribution in [-0.4, -0.2) is 107 Å². The van der Waals surface area contributed by atoms with Gasteiger partial charge in [-0.3, -0.25) is 39.1 Å². The maximum Gasteiger partial charge on any atom is 0.262 e. The summed E-state index contributed by atoms with van der Waals surface area (Å²) in [4.78, 5) is 77.6. The molecule has 2 aromatic carbocycles. The van der Waals surface area contributed by atoms with Gasteiger partial charge in [0.25, 0.3) is 17.7 Å². The van der Waals surface area contributed by atoms with Crippen molar-refractivity contribution in [2.24, 2.45) is 10.8 Å². The van der Waals surface area contributed by atoms with E-state index in [0.29, 0.717) is 59.8 Å².